The van der Waals surface area contributed by atoms with Gasteiger partial charge in [0.1, 0.15) is 11.6 Å². The minimum atomic E-state index is -2.96. The van der Waals surface area contributed by atoms with Crippen molar-refractivity contribution in [2.75, 3.05) is 12.4 Å². The molecule has 1 amide bonds. The molecule has 0 atom stereocenters. The standard InChI is InChI=1S/C16H11ClF3NO4/c1-24-15(23)11-6-10(12(17)7-13(11)18)14(22)21-8-2-4-9(5-3-8)25-16(19)20/h2-7,16H,1H3,(H,21,22). The van der Waals surface area contributed by atoms with E-state index in [2.05, 4.69) is 14.8 Å². The summed E-state index contributed by atoms with van der Waals surface area (Å²) in [7, 11) is 1.07. The fraction of sp³-hybridized carbons (Fsp3) is 0.125. The molecule has 9 heteroatoms. The van der Waals surface area contributed by atoms with Gasteiger partial charge < -0.3 is 14.8 Å². The molecule has 2 aromatic carbocycles. The molecule has 0 spiro atoms. The second-order valence-electron chi connectivity index (χ2n) is 4.66. The number of nitrogens with one attached hydrogen (secondary N) is 1. The zero-order valence-electron chi connectivity index (χ0n) is 12.7. The molecule has 0 fully saturated rings. The van der Waals surface area contributed by atoms with Gasteiger partial charge in [-0.25, -0.2) is 9.18 Å². The number of rotatable bonds is 5. The van der Waals surface area contributed by atoms with E-state index >= 15 is 0 Å². The molecule has 0 saturated carbocycles. The monoisotopic (exact) mass is 373 g/mol. The van der Waals surface area contributed by atoms with Gasteiger partial charge in [0.05, 0.1) is 23.3 Å². The van der Waals surface area contributed by atoms with Crippen molar-refractivity contribution in [3.63, 3.8) is 0 Å². The van der Waals surface area contributed by atoms with Crippen LogP contribution in [-0.2, 0) is 4.74 Å². The van der Waals surface area contributed by atoms with Gasteiger partial charge in [0, 0.05) is 5.69 Å². The molecule has 0 bridgehead atoms. The molecule has 0 heterocycles. The maximum absolute atomic E-state index is 13.7. The van der Waals surface area contributed by atoms with Gasteiger partial charge in [0.15, 0.2) is 0 Å². The number of methoxy groups -OCH3 is 1. The highest BCUT2D eigenvalue weighted by Crippen LogP contribution is 2.24. The second-order valence-corrected chi connectivity index (χ2v) is 5.07. The Kier molecular flexibility index (Phi) is 5.87. The van der Waals surface area contributed by atoms with Crippen molar-refractivity contribution < 1.29 is 32.2 Å². The predicted molar refractivity (Wildman–Crippen MR) is 83.8 cm³/mol. The molecule has 2 aromatic rings. The minimum absolute atomic E-state index is 0.0826. The maximum atomic E-state index is 13.7. The van der Waals surface area contributed by atoms with Gasteiger partial charge in [-0.3, -0.25) is 4.79 Å². The van der Waals surface area contributed by atoms with E-state index in [0.29, 0.717) is 0 Å². The molecular formula is C16H11ClF3NO4. The third-order valence-electron chi connectivity index (χ3n) is 3.04. The van der Waals surface area contributed by atoms with Crippen molar-refractivity contribution in [2.45, 2.75) is 6.61 Å². The van der Waals surface area contributed by atoms with Crippen LogP contribution in [-0.4, -0.2) is 25.6 Å². The van der Waals surface area contributed by atoms with Crippen LogP contribution >= 0.6 is 11.6 Å². The number of anilines is 1. The van der Waals surface area contributed by atoms with Crippen LogP contribution in [0, 0.1) is 5.82 Å². The Morgan fingerprint density at radius 2 is 1.76 bits per heavy atom. The summed E-state index contributed by atoms with van der Waals surface area (Å²) in [6.45, 7) is -2.96. The number of hydrogen-bond acceptors (Lipinski definition) is 4. The summed E-state index contributed by atoms with van der Waals surface area (Å²) in [4.78, 5) is 23.7. The first-order chi connectivity index (χ1) is 11.8. The van der Waals surface area contributed by atoms with Gasteiger partial charge in [-0.2, -0.15) is 8.78 Å². The molecular weight excluding hydrogens is 363 g/mol. The fourth-order valence-corrected chi connectivity index (χ4v) is 2.14. The number of benzene rings is 2. The van der Waals surface area contributed by atoms with E-state index in [1.807, 2.05) is 0 Å². The maximum Gasteiger partial charge on any atom is 0.387 e. The lowest BCUT2D eigenvalue weighted by molar-refractivity contribution is -0.0498. The first kappa shape index (κ1) is 18.6. The lowest BCUT2D eigenvalue weighted by Gasteiger charge is -2.10. The summed E-state index contributed by atoms with van der Waals surface area (Å²) in [6, 6.07) is 6.90. The highest BCUT2D eigenvalue weighted by molar-refractivity contribution is 6.34. The lowest BCUT2D eigenvalue weighted by Crippen LogP contribution is -2.15. The van der Waals surface area contributed by atoms with Gasteiger partial charge in [-0.05, 0) is 36.4 Å². The van der Waals surface area contributed by atoms with Crippen molar-refractivity contribution in [1.82, 2.24) is 0 Å². The molecule has 132 valence electrons. The van der Waals surface area contributed by atoms with E-state index in [1.54, 1.807) is 0 Å². The van der Waals surface area contributed by atoms with Crippen LogP contribution in [0.1, 0.15) is 20.7 Å². The van der Waals surface area contributed by atoms with Crippen LogP contribution in [0.2, 0.25) is 5.02 Å². The zero-order chi connectivity index (χ0) is 18.6. The molecule has 0 aliphatic carbocycles. The summed E-state index contributed by atoms with van der Waals surface area (Å²) >= 11 is 5.84. The number of hydrogen-bond donors (Lipinski definition) is 1. The van der Waals surface area contributed by atoms with Gasteiger partial charge in [-0.15, -0.1) is 0 Å². The Morgan fingerprint density at radius 1 is 1.12 bits per heavy atom. The number of esters is 1. The van der Waals surface area contributed by atoms with Crippen LogP contribution in [0.15, 0.2) is 36.4 Å². The molecule has 0 aliphatic heterocycles. The molecule has 0 saturated heterocycles. The molecule has 25 heavy (non-hydrogen) atoms. The van der Waals surface area contributed by atoms with Crippen molar-refractivity contribution in [2.24, 2.45) is 0 Å². The lowest BCUT2D eigenvalue weighted by atomic mass is 10.1. The number of halogens is 4. The SMILES string of the molecule is COC(=O)c1cc(C(=O)Nc2ccc(OC(F)F)cc2)c(Cl)cc1F. The molecule has 0 unspecified atom stereocenters. The van der Waals surface area contributed by atoms with Gasteiger partial charge in [-0.1, -0.05) is 11.6 Å². The summed E-state index contributed by atoms with van der Waals surface area (Å²) < 4.78 is 46.5. The first-order valence-corrected chi connectivity index (χ1v) is 7.13. The van der Waals surface area contributed by atoms with E-state index in [0.717, 1.165) is 19.2 Å². The molecule has 0 aliphatic rings. The zero-order valence-corrected chi connectivity index (χ0v) is 13.4. The predicted octanol–water partition coefficient (Wildman–Crippen LogP) is 4.12. The third-order valence-corrected chi connectivity index (χ3v) is 3.36. The number of ether oxygens (including phenoxy) is 2. The summed E-state index contributed by atoms with van der Waals surface area (Å²) in [5, 5.41) is 2.23. The third kappa shape index (κ3) is 4.63. The Balaban J connectivity index is 2.21. The van der Waals surface area contributed by atoms with Crippen molar-refractivity contribution in [3.05, 3.63) is 58.4 Å². The van der Waals surface area contributed by atoms with Crippen molar-refractivity contribution >= 4 is 29.2 Å². The van der Waals surface area contributed by atoms with Crippen LogP contribution in [0.5, 0.6) is 5.75 Å². The topological polar surface area (TPSA) is 64.6 Å². The highest BCUT2D eigenvalue weighted by Gasteiger charge is 2.19. The number of alkyl halides is 2. The van der Waals surface area contributed by atoms with E-state index in [9.17, 15) is 22.8 Å². The average molecular weight is 374 g/mol. The largest absolute Gasteiger partial charge is 0.465 e. The van der Waals surface area contributed by atoms with Crippen LogP contribution in [0.25, 0.3) is 0 Å². The molecule has 5 nitrogen and oxygen atoms in total. The Morgan fingerprint density at radius 3 is 2.32 bits per heavy atom. The Labute approximate surface area is 145 Å². The number of carbonyl (C=O) groups excluding carboxylic acids is 2. The first-order valence-electron chi connectivity index (χ1n) is 6.75. The van der Waals surface area contributed by atoms with Crippen LogP contribution in [0.4, 0.5) is 18.9 Å². The van der Waals surface area contributed by atoms with Crippen molar-refractivity contribution in [3.8, 4) is 5.75 Å². The van der Waals surface area contributed by atoms with Crippen LogP contribution in [0.3, 0.4) is 0 Å². The van der Waals surface area contributed by atoms with Crippen LogP contribution < -0.4 is 10.1 Å². The van der Waals surface area contributed by atoms with E-state index < -0.39 is 29.9 Å². The highest BCUT2D eigenvalue weighted by atomic mass is 35.5. The normalized spacial score (nSPS) is 10.5. The smallest absolute Gasteiger partial charge is 0.387 e. The summed E-state index contributed by atoms with van der Waals surface area (Å²) in [5.41, 5.74) is -0.347. The Hall–Kier alpha value is -2.74. The van der Waals surface area contributed by atoms with E-state index in [1.165, 1.54) is 24.3 Å². The molecule has 0 radical (unpaired) electrons. The minimum Gasteiger partial charge on any atom is -0.465 e. The summed E-state index contributed by atoms with van der Waals surface area (Å²) in [6.07, 6.45) is 0. The van der Waals surface area contributed by atoms with Gasteiger partial charge >= 0.3 is 12.6 Å². The van der Waals surface area contributed by atoms with E-state index in [-0.39, 0.29) is 22.0 Å². The van der Waals surface area contributed by atoms with Gasteiger partial charge in [0.25, 0.3) is 5.91 Å². The molecule has 2 rings (SSSR count). The molecule has 0 aromatic heterocycles. The number of carbonyl (C=O) groups is 2. The van der Waals surface area contributed by atoms with Crippen molar-refractivity contribution in [1.29, 1.82) is 0 Å². The quantitative estimate of drug-likeness (QED) is 0.801. The Bertz CT molecular complexity index is 797. The van der Waals surface area contributed by atoms with E-state index in [4.69, 9.17) is 11.6 Å². The molecule has 1 N–H and O–H groups in total. The second kappa shape index (κ2) is 7.89. The average Bonchev–Trinajstić information content (AvgIpc) is 2.55. The number of amides is 1. The fourth-order valence-electron chi connectivity index (χ4n) is 1.91. The van der Waals surface area contributed by atoms with Gasteiger partial charge in [0.2, 0.25) is 0 Å². The summed E-state index contributed by atoms with van der Waals surface area (Å²) in [5.74, 6) is -2.70.